The molecule has 0 saturated heterocycles. The molecule has 0 aliphatic carbocycles. The molecule has 2 aromatic carbocycles. The number of nitrogens with one attached hydrogen (secondary N) is 1. The summed E-state index contributed by atoms with van der Waals surface area (Å²) in [7, 11) is 1.58. The van der Waals surface area contributed by atoms with Crippen LogP contribution >= 0.6 is 11.6 Å². The van der Waals surface area contributed by atoms with Gasteiger partial charge in [-0.15, -0.1) is 0 Å². The third-order valence-corrected chi connectivity index (χ3v) is 3.36. The van der Waals surface area contributed by atoms with E-state index in [-0.39, 0.29) is 0 Å². The predicted octanol–water partition coefficient (Wildman–Crippen LogP) is 4.36. The molecule has 0 amide bonds. The Morgan fingerprint density at radius 3 is 2.61 bits per heavy atom. The van der Waals surface area contributed by atoms with E-state index in [9.17, 15) is 4.79 Å². The van der Waals surface area contributed by atoms with E-state index in [4.69, 9.17) is 21.1 Å². The fourth-order valence-corrected chi connectivity index (χ4v) is 2.09. The number of anilines is 1. The molecule has 0 aromatic heterocycles. The van der Waals surface area contributed by atoms with Crippen molar-refractivity contribution in [2.24, 2.45) is 0 Å². The van der Waals surface area contributed by atoms with Crippen LogP contribution in [0.5, 0.6) is 5.75 Å². The summed E-state index contributed by atoms with van der Waals surface area (Å²) < 4.78 is 10.3. The van der Waals surface area contributed by atoms with Crippen molar-refractivity contribution < 1.29 is 14.3 Å². The summed E-state index contributed by atoms with van der Waals surface area (Å²) >= 11 is 5.86. The third-order valence-electron chi connectivity index (χ3n) is 3.10. The van der Waals surface area contributed by atoms with E-state index in [0.717, 1.165) is 5.69 Å². The van der Waals surface area contributed by atoms with E-state index in [0.29, 0.717) is 28.5 Å². The zero-order chi connectivity index (χ0) is 16.7. The molecule has 5 heteroatoms. The summed E-state index contributed by atoms with van der Waals surface area (Å²) in [6, 6.07) is 14.4. The molecule has 0 radical (unpaired) electrons. The van der Waals surface area contributed by atoms with Crippen LogP contribution in [0.2, 0.25) is 5.02 Å². The van der Waals surface area contributed by atoms with Gasteiger partial charge in [-0.2, -0.15) is 0 Å². The lowest BCUT2D eigenvalue weighted by Gasteiger charge is -2.10. The van der Waals surface area contributed by atoms with Gasteiger partial charge in [-0.1, -0.05) is 23.7 Å². The number of esters is 1. The lowest BCUT2D eigenvalue weighted by molar-refractivity contribution is -0.136. The van der Waals surface area contributed by atoms with Crippen LogP contribution in [0.1, 0.15) is 12.5 Å². The number of rotatable bonds is 6. The van der Waals surface area contributed by atoms with Gasteiger partial charge in [0, 0.05) is 16.9 Å². The van der Waals surface area contributed by atoms with Gasteiger partial charge in [0.05, 0.1) is 19.3 Å². The highest BCUT2D eigenvalue weighted by molar-refractivity contribution is 6.30. The van der Waals surface area contributed by atoms with Crippen molar-refractivity contribution in [1.29, 1.82) is 0 Å². The van der Waals surface area contributed by atoms with Crippen molar-refractivity contribution in [1.82, 2.24) is 0 Å². The van der Waals surface area contributed by atoms with Crippen LogP contribution in [-0.2, 0) is 9.53 Å². The Kier molecular flexibility index (Phi) is 6.06. The highest BCUT2D eigenvalue weighted by Crippen LogP contribution is 2.22. The molecule has 0 unspecified atom stereocenters. The lowest BCUT2D eigenvalue weighted by Crippen LogP contribution is -2.08. The second-order valence-corrected chi connectivity index (χ2v) is 5.10. The Morgan fingerprint density at radius 2 is 1.96 bits per heavy atom. The Hall–Kier alpha value is -2.46. The van der Waals surface area contributed by atoms with Gasteiger partial charge in [0.1, 0.15) is 5.75 Å². The first-order chi connectivity index (χ1) is 11.1. The molecule has 0 atom stereocenters. The second-order valence-electron chi connectivity index (χ2n) is 4.66. The fraction of sp³-hybridized carbons (Fsp3) is 0.167. The Labute approximate surface area is 140 Å². The minimum atomic E-state index is -0.401. The van der Waals surface area contributed by atoms with Crippen LogP contribution in [0.4, 0.5) is 5.69 Å². The van der Waals surface area contributed by atoms with Crippen molar-refractivity contribution in [3.8, 4) is 5.75 Å². The predicted molar refractivity (Wildman–Crippen MR) is 92.7 cm³/mol. The molecule has 120 valence electrons. The molecule has 0 aliphatic rings. The SMILES string of the molecule is CCOC(=O)/C(=C\Nc1ccc(Cl)cc1)c1cccc(OC)c1. The molecule has 0 heterocycles. The van der Waals surface area contributed by atoms with Gasteiger partial charge < -0.3 is 14.8 Å². The summed E-state index contributed by atoms with van der Waals surface area (Å²) in [4.78, 5) is 12.2. The van der Waals surface area contributed by atoms with Gasteiger partial charge >= 0.3 is 5.97 Å². The van der Waals surface area contributed by atoms with Gasteiger partial charge in [0.15, 0.2) is 0 Å². The molecule has 2 aromatic rings. The van der Waals surface area contributed by atoms with E-state index < -0.39 is 5.97 Å². The maximum atomic E-state index is 12.2. The quantitative estimate of drug-likeness (QED) is 0.631. The van der Waals surface area contributed by atoms with Gasteiger partial charge in [0.2, 0.25) is 0 Å². The number of carbonyl (C=O) groups is 1. The van der Waals surface area contributed by atoms with Crippen molar-refractivity contribution in [3.05, 3.63) is 65.3 Å². The zero-order valence-electron chi connectivity index (χ0n) is 13.0. The molecule has 0 spiro atoms. The number of hydrogen-bond donors (Lipinski definition) is 1. The molecular formula is C18H18ClNO3. The van der Waals surface area contributed by atoms with Crippen molar-refractivity contribution in [3.63, 3.8) is 0 Å². The van der Waals surface area contributed by atoms with E-state index in [1.165, 1.54) is 0 Å². The first-order valence-electron chi connectivity index (χ1n) is 7.18. The molecule has 1 N–H and O–H groups in total. The average molecular weight is 332 g/mol. The first kappa shape index (κ1) is 16.9. The van der Waals surface area contributed by atoms with Crippen LogP contribution in [0, 0.1) is 0 Å². The number of carbonyl (C=O) groups excluding carboxylic acids is 1. The molecule has 0 aliphatic heterocycles. The van der Waals surface area contributed by atoms with Crippen LogP contribution in [0.3, 0.4) is 0 Å². The van der Waals surface area contributed by atoms with Crippen molar-refractivity contribution in [2.45, 2.75) is 6.92 Å². The Balaban J connectivity index is 2.30. The minimum Gasteiger partial charge on any atom is -0.497 e. The van der Waals surface area contributed by atoms with E-state index in [2.05, 4.69) is 5.32 Å². The van der Waals surface area contributed by atoms with E-state index >= 15 is 0 Å². The topological polar surface area (TPSA) is 47.6 Å². The van der Waals surface area contributed by atoms with Crippen LogP contribution < -0.4 is 10.1 Å². The van der Waals surface area contributed by atoms with Gasteiger partial charge in [-0.3, -0.25) is 0 Å². The maximum absolute atomic E-state index is 12.2. The smallest absolute Gasteiger partial charge is 0.340 e. The van der Waals surface area contributed by atoms with Gasteiger partial charge in [-0.25, -0.2) is 4.79 Å². The summed E-state index contributed by atoms with van der Waals surface area (Å²) in [6.07, 6.45) is 1.62. The molecule has 4 nitrogen and oxygen atoms in total. The third kappa shape index (κ3) is 4.76. The van der Waals surface area contributed by atoms with Crippen LogP contribution in [0.25, 0.3) is 5.57 Å². The second kappa shape index (κ2) is 8.25. The molecule has 2 rings (SSSR count). The summed E-state index contributed by atoms with van der Waals surface area (Å²) in [5.74, 6) is 0.270. The summed E-state index contributed by atoms with van der Waals surface area (Å²) in [5.41, 5.74) is 1.95. The number of methoxy groups -OCH3 is 1. The zero-order valence-corrected chi connectivity index (χ0v) is 13.8. The standard InChI is InChI=1S/C18H18ClNO3/c1-3-23-18(21)17(13-5-4-6-16(11-13)22-2)12-20-15-9-7-14(19)8-10-15/h4-12,20H,3H2,1-2H3/b17-12-. The summed E-state index contributed by atoms with van der Waals surface area (Å²) in [6.45, 7) is 2.08. The van der Waals surface area contributed by atoms with Gasteiger partial charge in [-0.05, 0) is 48.9 Å². The van der Waals surface area contributed by atoms with E-state index in [1.807, 2.05) is 30.3 Å². The largest absolute Gasteiger partial charge is 0.497 e. The molecule has 0 saturated carbocycles. The number of hydrogen-bond acceptors (Lipinski definition) is 4. The average Bonchev–Trinajstić information content (AvgIpc) is 2.57. The Bertz CT molecular complexity index is 696. The fourth-order valence-electron chi connectivity index (χ4n) is 1.96. The molecule has 0 bridgehead atoms. The maximum Gasteiger partial charge on any atom is 0.340 e. The number of ether oxygens (including phenoxy) is 2. The normalized spacial score (nSPS) is 11.0. The molecular weight excluding hydrogens is 314 g/mol. The van der Waals surface area contributed by atoms with Crippen molar-refractivity contribution in [2.75, 3.05) is 19.0 Å². The van der Waals surface area contributed by atoms with Crippen LogP contribution in [0.15, 0.2) is 54.7 Å². The minimum absolute atomic E-state index is 0.307. The van der Waals surface area contributed by atoms with E-state index in [1.54, 1.807) is 38.4 Å². The first-order valence-corrected chi connectivity index (χ1v) is 7.55. The van der Waals surface area contributed by atoms with Gasteiger partial charge in [0.25, 0.3) is 0 Å². The number of halogens is 1. The van der Waals surface area contributed by atoms with Crippen LogP contribution in [-0.4, -0.2) is 19.7 Å². The highest BCUT2D eigenvalue weighted by Gasteiger charge is 2.14. The lowest BCUT2D eigenvalue weighted by atomic mass is 10.1. The molecule has 23 heavy (non-hydrogen) atoms. The Morgan fingerprint density at radius 1 is 1.22 bits per heavy atom. The number of benzene rings is 2. The molecule has 0 fully saturated rings. The highest BCUT2D eigenvalue weighted by atomic mass is 35.5. The van der Waals surface area contributed by atoms with Crippen molar-refractivity contribution >= 4 is 28.8 Å². The monoisotopic (exact) mass is 331 g/mol. The summed E-state index contributed by atoms with van der Waals surface area (Å²) in [5, 5.41) is 3.74.